The maximum atomic E-state index is 12.8. The minimum atomic E-state index is -3.97. The van der Waals surface area contributed by atoms with Crippen molar-refractivity contribution in [3.8, 4) is 5.75 Å². The first kappa shape index (κ1) is 23.4. The summed E-state index contributed by atoms with van der Waals surface area (Å²) in [5, 5.41) is 22.2. The van der Waals surface area contributed by atoms with Crippen molar-refractivity contribution < 1.29 is 27.8 Å². The number of carbonyl (C=O) groups is 1. The van der Waals surface area contributed by atoms with Crippen LogP contribution in [0.2, 0.25) is 5.02 Å². The Kier molecular flexibility index (Phi) is 6.91. The van der Waals surface area contributed by atoms with E-state index in [4.69, 9.17) is 16.3 Å². The van der Waals surface area contributed by atoms with E-state index in [-0.39, 0.29) is 53.2 Å². The van der Waals surface area contributed by atoms with Gasteiger partial charge < -0.3 is 9.64 Å². The molecule has 2 aromatic rings. The average Bonchev–Trinajstić information content (AvgIpc) is 2.78. The summed E-state index contributed by atoms with van der Waals surface area (Å²) in [5.41, 5.74) is -0.716. The molecule has 12 nitrogen and oxygen atoms in total. The lowest BCUT2D eigenvalue weighted by atomic mass is 10.3. The number of hydrogen-bond donors (Lipinski definition) is 0. The molecule has 1 heterocycles. The molecule has 0 aromatic heterocycles. The van der Waals surface area contributed by atoms with Crippen molar-refractivity contribution in [2.45, 2.75) is 4.90 Å². The molecule has 0 atom stereocenters. The number of hydrogen-bond acceptors (Lipinski definition) is 8. The SMILES string of the molecule is O=C(COc1ccc(Cl)cc1[N+](=O)[O-])N1CCN(S(=O)(=O)c2cccc([N+](=O)[O-])c2)CC1. The number of non-ortho nitro benzene ring substituents is 1. The second-order valence-corrected chi connectivity index (χ2v) is 9.07. The van der Waals surface area contributed by atoms with Gasteiger partial charge in [0.1, 0.15) is 0 Å². The fourth-order valence-corrected chi connectivity index (χ4v) is 4.70. The summed E-state index contributed by atoms with van der Waals surface area (Å²) in [6.45, 7) is -0.367. The van der Waals surface area contributed by atoms with Crippen LogP contribution in [0.25, 0.3) is 0 Å². The Morgan fingerprint density at radius 2 is 1.72 bits per heavy atom. The maximum Gasteiger partial charge on any atom is 0.312 e. The Morgan fingerprint density at radius 1 is 1.03 bits per heavy atom. The number of amides is 1. The van der Waals surface area contributed by atoms with E-state index < -0.39 is 32.4 Å². The minimum absolute atomic E-state index is 0.0160. The second-order valence-electron chi connectivity index (χ2n) is 6.70. The van der Waals surface area contributed by atoms with Crippen LogP contribution in [0.3, 0.4) is 0 Å². The number of sulfonamides is 1. The molecule has 0 saturated carbocycles. The summed E-state index contributed by atoms with van der Waals surface area (Å²) in [6, 6.07) is 8.54. The van der Waals surface area contributed by atoms with Crippen molar-refractivity contribution in [1.29, 1.82) is 0 Å². The van der Waals surface area contributed by atoms with Gasteiger partial charge in [-0.05, 0) is 18.2 Å². The molecule has 0 aliphatic carbocycles. The molecule has 1 aliphatic heterocycles. The number of rotatable bonds is 7. The first-order valence-corrected chi connectivity index (χ1v) is 11.0. The molecule has 14 heteroatoms. The van der Waals surface area contributed by atoms with Crippen molar-refractivity contribution in [2.75, 3.05) is 32.8 Å². The van der Waals surface area contributed by atoms with Gasteiger partial charge in [-0.1, -0.05) is 17.7 Å². The zero-order valence-electron chi connectivity index (χ0n) is 16.4. The molecule has 1 saturated heterocycles. The second kappa shape index (κ2) is 9.46. The molecule has 1 aliphatic rings. The Bertz CT molecular complexity index is 1170. The van der Waals surface area contributed by atoms with Gasteiger partial charge in [-0.2, -0.15) is 4.31 Å². The number of carbonyl (C=O) groups excluding carboxylic acids is 1. The van der Waals surface area contributed by atoms with Crippen LogP contribution in [0.5, 0.6) is 5.75 Å². The lowest BCUT2D eigenvalue weighted by Crippen LogP contribution is -2.51. The summed E-state index contributed by atoms with van der Waals surface area (Å²) in [7, 11) is -3.97. The summed E-state index contributed by atoms with van der Waals surface area (Å²) >= 11 is 5.74. The normalized spacial score (nSPS) is 14.7. The molecule has 0 bridgehead atoms. The highest BCUT2D eigenvalue weighted by Crippen LogP contribution is 2.30. The number of ether oxygens (including phenoxy) is 1. The third-order valence-corrected chi connectivity index (χ3v) is 6.86. The van der Waals surface area contributed by atoms with Gasteiger partial charge in [-0.25, -0.2) is 8.42 Å². The molecule has 32 heavy (non-hydrogen) atoms. The van der Waals surface area contributed by atoms with E-state index in [9.17, 15) is 33.4 Å². The van der Waals surface area contributed by atoms with E-state index in [1.807, 2.05) is 0 Å². The van der Waals surface area contributed by atoms with Crippen LogP contribution in [0, 0.1) is 20.2 Å². The molecule has 170 valence electrons. The Morgan fingerprint density at radius 3 is 2.34 bits per heavy atom. The van der Waals surface area contributed by atoms with Gasteiger partial charge in [-0.3, -0.25) is 25.0 Å². The molecule has 1 fully saturated rings. The highest BCUT2D eigenvalue weighted by Gasteiger charge is 2.31. The van der Waals surface area contributed by atoms with Gasteiger partial charge in [0.15, 0.2) is 12.4 Å². The topological polar surface area (TPSA) is 153 Å². The molecule has 0 unspecified atom stereocenters. The third kappa shape index (κ3) is 5.12. The summed E-state index contributed by atoms with van der Waals surface area (Å²) in [5.74, 6) is -0.582. The third-order valence-electron chi connectivity index (χ3n) is 4.73. The van der Waals surface area contributed by atoms with Crippen LogP contribution in [0.15, 0.2) is 47.4 Å². The average molecular weight is 485 g/mol. The molecule has 0 radical (unpaired) electrons. The van der Waals surface area contributed by atoms with Gasteiger partial charge in [0.25, 0.3) is 11.6 Å². The lowest BCUT2D eigenvalue weighted by molar-refractivity contribution is -0.385. The first-order valence-electron chi connectivity index (χ1n) is 9.18. The molecule has 3 rings (SSSR count). The van der Waals surface area contributed by atoms with E-state index in [2.05, 4.69) is 0 Å². The molecule has 1 amide bonds. The Labute approximate surface area is 187 Å². The Balaban J connectivity index is 1.61. The van der Waals surface area contributed by atoms with Crippen LogP contribution in [-0.4, -0.2) is 66.2 Å². The monoisotopic (exact) mass is 484 g/mol. The van der Waals surface area contributed by atoms with Crippen molar-refractivity contribution in [1.82, 2.24) is 9.21 Å². The van der Waals surface area contributed by atoms with E-state index >= 15 is 0 Å². The fraction of sp³-hybridized carbons (Fsp3) is 0.278. The van der Waals surface area contributed by atoms with Crippen LogP contribution < -0.4 is 4.74 Å². The van der Waals surface area contributed by atoms with E-state index in [0.717, 1.165) is 16.4 Å². The zero-order valence-corrected chi connectivity index (χ0v) is 18.0. The smallest absolute Gasteiger partial charge is 0.312 e. The molecule has 0 spiro atoms. The highest BCUT2D eigenvalue weighted by molar-refractivity contribution is 7.89. The van der Waals surface area contributed by atoms with Crippen molar-refractivity contribution in [3.05, 3.63) is 67.7 Å². The van der Waals surface area contributed by atoms with Gasteiger partial charge >= 0.3 is 5.69 Å². The number of nitro groups is 2. The van der Waals surface area contributed by atoms with Gasteiger partial charge in [0, 0.05) is 49.4 Å². The quantitative estimate of drug-likeness (QED) is 0.427. The zero-order chi connectivity index (χ0) is 23.5. The van der Waals surface area contributed by atoms with Crippen molar-refractivity contribution >= 4 is 38.9 Å². The highest BCUT2D eigenvalue weighted by atomic mass is 35.5. The maximum absolute atomic E-state index is 12.8. The van der Waals surface area contributed by atoms with Gasteiger partial charge in [0.2, 0.25) is 10.0 Å². The van der Waals surface area contributed by atoms with E-state index in [1.165, 1.54) is 35.2 Å². The molecular formula is C18H17ClN4O8S. The number of nitrogens with zero attached hydrogens (tertiary/aromatic N) is 4. The van der Waals surface area contributed by atoms with E-state index in [1.54, 1.807) is 0 Å². The summed E-state index contributed by atoms with van der Waals surface area (Å²) in [6.07, 6.45) is 0. The largest absolute Gasteiger partial charge is 0.477 e. The Hall–Kier alpha value is -3.29. The van der Waals surface area contributed by atoms with Crippen LogP contribution in [0.1, 0.15) is 0 Å². The number of piperazine rings is 1. The van der Waals surface area contributed by atoms with Gasteiger partial charge in [-0.15, -0.1) is 0 Å². The predicted octanol–water partition coefficient (Wildman–Crippen LogP) is 2.07. The van der Waals surface area contributed by atoms with Crippen LogP contribution in [-0.2, 0) is 14.8 Å². The summed E-state index contributed by atoms with van der Waals surface area (Å²) < 4.78 is 32.0. The number of benzene rings is 2. The first-order chi connectivity index (χ1) is 15.1. The van der Waals surface area contributed by atoms with Crippen LogP contribution >= 0.6 is 11.6 Å². The predicted molar refractivity (Wildman–Crippen MR) is 112 cm³/mol. The fourth-order valence-electron chi connectivity index (χ4n) is 3.07. The molecule has 0 N–H and O–H groups in total. The number of halogens is 1. The van der Waals surface area contributed by atoms with Crippen molar-refractivity contribution in [3.63, 3.8) is 0 Å². The van der Waals surface area contributed by atoms with E-state index in [0.29, 0.717) is 0 Å². The lowest BCUT2D eigenvalue weighted by Gasteiger charge is -2.33. The standard InChI is InChI=1S/C18H17ClN4O8S/c19-13-4-5-17(16(10-13)23(27)28)31-12-18(24)20-6-8-21(9-7-20)32(29,30)15-3-1-2-14(11-15)22(25)26/h1-5,10-11H,6-9,12H2. The minimum Gasteiger partial charge on any atom is -0.477 e. The van der Waals surface area contributed by atoms with Crippen LogP contribution in [0.4, 0.5) is 11.4 Å². The summed E-state index contributed by atoms with van der Waals surface area (Å²) in [4.78, 5) is 34.3. The van der Waals surface area contributed by atoms with Gasteiger partial charge in [0.05, 0.1) is 14.7 Å². The molecular weight excluding hydrogens is 468 g/mol. The molecule has 2 aromatic carbocycles. The number of nitro benzene ring substituents is 2. The van der Waals surface area contributed by atoms with Crippen molar-refractivity contribution in [2.24, 2.45) is 0 Å².